The van der Waals surface area contributed by atoms with E-state index in [-0.39, 0.29) is 16.5 Å². The predicted molar refractivity (Wildman–Crippen MR) is 77.2 cm³/mol. The van der Waals surface area contributed by atoms with E-state index in [2.05, 4.69) is 41.0 Å². The summed E-state index contributed by atoms with van der Waals surface area (Å²) in [6.07, 6.45) is 3.97. The van der Waals surface area contributed by atoms with Gasteiger partial charge in [-0.15, -0.1) is 0 Å². The van der Waals surface area contributed by atoms with Crippen LogP contribution in [0.3, 0.4) is 0 Å². The maximum atomic E-state index is 11.3. The zero-order valence-corrected chi connectivity index (χ0v) is 12.6. The number of carbonyl (C=O) groups excluding carboxylic acids is 1. The summed E-state index contributed by atoms with van der Waals surface area (Å²) in [5.41, 5.74) is 2.07. The smallest absolute Gasteiger partial charge is 0.277 e. The highest BCUT2D eigenvalue weighted by atomic mass is 16.5. The number of hydrogen-bond donors (Lipinski definition) is 3. The SMILES string of the molecule is CC(C)(C)[C@]12C[C@@H](CN1)N(c1ncc(C(=O)NO)cn1)C2. The van der Waals surface area contributed by atoms with Gasteiger partial charge in [-0.05, 0) is 11.8 Å². The second kappa shape index (κ2) is 4.64. The summed E-state index contributed by atoms with van der Waals surface area (Å²) in [5.74, 6) is 0.0411. The van der Waals surface area contributed by atoms with Crippen molar-refractivity contribution in [3.8, 4) is 0 Å². The Balaban J connectivity index is 1.82. The van der Waals surface area contributed by atoms with Crippen LogP contribution in [0.5, 0.6) is 0 Å². The van der Waals surface area contributed by atoms with E-state index in [0.29, 0.717) is 12.0 Å². The molecule has 2 aliphatic heterocycles. The Bertz CT molecular complexity index is 553. The molecule has 0 aliphatic carbocycles. The van der Waals surface area contributed by atoms with Crippen LogP contribution in [0.15, 0.2) is 12.4 Å². The van der Waals surface area contributed by atoms with Gasteiger partial charge in [0.05, 0.1) is 5.56 Å². The largest absolute Gasteiger partial charge is 0.335 e. The van der Waals surface area contributed by atoms with E-state index >= 15 is 0 Å². The molecule has 7 heteroatoms. The van der Waals surface area contributed by atoms with Gasteiger partial charge in [0.15, 0.2) is 0 Å². The molecule has 1 aromatic heterocycles. The first-order valence-corrected chi connectivity index (χ1v) is 7.14. The molecular weight excluding hydrogens is 270 g/mol. The molecular formula is C14H21N5O2. The summed E-state index contributed by atoms with van der Waals surface area (Å²) in [5, 5.41) is 12.3. The van der Waals surface area contributed by atoms with Gasteiger partial charge in [0.25, 0.3) is 5.91 Å². The van der Waals surface area contributed by atoms with Gasteiger partial charge in [-0.1, -0.05) is 20.8 Å². The summed E-state index contributed by atoms with van der Waals surface area (Å²) in [6, 6.07) is 0.391. The molecule has 0 unspecified atom stereocenters. The first-order valence-electron chi connectivity index (χ1n) is 7.14. The average molecular weight is 291 g/mol. The van der Waals surface area contributed by atoms with Gasteiger partial charge >= 0.3 is 0 Å². The van der Waals surface area contributed by atoms with Gasteiger partial charge in [0, 0.05) is 37.1 Å². The lowest BCUT2D eigenvalue weighted by Gasteiger charge is -2.42. The van der Waals surface area contributed by atoms with Crippen molar-refractivity contribution in [1.82, 2.24) is 20.8 Å². The number of piperazine rings is 1. The number of anilines is 1. The molecule has 1 amide bonds. The lowest BCUT2D eigenvalue weighted by atomic mass is 9.74. The molecule has 2 aliphatic rings. The first kappa shape index (κ1) is 14.2. The topological polar surface area (TPSA) is 90.4 Å². The number of aromatic nitrogens is 2. The molecule has 114 valence electrons. The van der Waals surface area contributed by atoms with Crippen LogP contribution in [0.4, 0.5) is 5.95 Å². The van der Waals surface area contributed by atoms with E-state index in [1.807, 2.05) is 0 Å². The van der Waals surface area contributed by atoms with E-state index in [1.165, 1.54) is 12.4 Å². The minimum absolute atomic E-state index is 0.0855. The fourth-order valence-electron chi connectivity index (χ4n) is 3.31. The standard InChI is InChI=1S/C14H21N5O2/c1-13(2,3)14-4-10(7-17-14)19(8-14)12-15-5-9(6-16-12)11(20)18-21/h5-6,10,17,21H,4,7-8H2,1-3H3,(H,18,20)/t10-,14+/m0/s1. The van der Waals surface area contributed by atoms with Crippen molar-refractivity contribution in [2.75, 3.05) is 18.0 Å². The third-order valence-electron chi connectivity index (χ3n) is 4.84. The lowest BCUT2D eigenvalue weighted by Crippen LogP contribution is -2.58. The number of nitrogens with one attached hydrogen (secondary N) is 2. The van der Waals surface area contributed by atoms with Gasteiger partial charge in [-0.2, -0.15) is 0 Å². The molecule has 7 nitrogen and oxygen atoms in total. The van der Waals surface area contributed by atoms with Gasteiger partial charge in [-0.25, -0.2) is 15.4 Å². The van der Waals surface area contributed by atoms with Crippen LogP contribution in [0.25, 0.3) is 0 Å². The Morgan fingerprint density at radius 1 is 1.48 bits per heavy atom. The highest BCUT2D eigenvalue weighted by molar-refractivity contribution is 5.92. The fraction of sp³-hybridized carbons (Fsp3) is 0.643. The quantitative estimate of drug-likeness (QED) is 0.545. The van der Waals surface area contributed by atoms with Crippen LogP contribution in [-0.2, 0) is 0 Å². The maximum Gasteiger partial charge on any atom is 0.277 e. The summed E-state index contributed by atoms with van der Waals surface area (Å²) in [4.78, 5) is 22.1. The number of hydroxylamine groups is 1. The monoisotopic (exact) mass is 291 g/mol. The van der Waals surface area contributed by atoms with Crippen LogP contribution in [0, 0.1) is 5.41 Å². The molecule has 0 spiro atoms. The van der Waals surface area contributed by atoms with Crippen molar-refractivity contribution >= 4 is 11.9 Å². The Kier molecular flexibility index (Phi) is 3.14. The van der Waals surface area contributed by atoms with Gasteiger partial charge in [0.2, 0.25) is 5.95 Å². The third kappa shape index (κ3) is 2.16. The number of carbonyl (C=O) groups is 1. The van der Waals surface area contributed by atoms with Crippen LogP contribution in [0.2, 0.25) is 0 Å². The Morgan fingerprint density at radius 2 is 2.14 bits per heavy atom. The van der Waals surface area contributed by atoms with Gasteiger partial charge < -0.3 is 10.2 Å². The van der Waals surface area contributed by atoms with Gasteiger partial charge in [-0.3, -0.25) is 10.0 Å². The number of fused-ring (bicyclic) bond motifs is 2. The Morgan fingerprint density at radius 3 is 2.67 bits per heavy atom. The van der Waals surface area contributed by atoms with Crippen molar-refractivity contribution in [1.29, 1.82) is 0 Å². The molecule has 0 saturated carbocycles. The van der Waals surface area contributed by atoms with Crippen LogP contribution in [0.1, 0.15) is 37.6 Å². The second-order valence-electron chi connectivity index (χ2n) is 6.91. The van der Waals surface area contributed by atoms with Crippen molar-refractivity contribution in [2.45, 2.75) is 38.8 Å². The van der Waals surface area contributed by atoms with E-state index in [1.54, 1.807) is 5.48 Å². The number of hydrogen-bond acceptors (Lipinski definition) is 6. The molecule has 3 N–H and O–H groups in total. The van der Waals surface area contributed by atoms with E-state index < -0.39 is 5.91 Å². The van der Waals surface area contributed by atoms with Crippen molar-refractivity contribution < 1.29 is 10.0 Å². The van der Waals surface area contributed by atoms with Crippen LogP contribution < -0.4 is 15.7 Å². The molecule has 21 heavy (non-hydrogen) atoms. The fourth-order valence-corrected chi connectivity index (χ4v) is 3.31. The van der Waals surface area contributed by atoms with Crippen LogP contribution in [-0.4, -0.2) is 45.8 Å². The summed E-state index contributed by atoms with van der Waals surface area (Å²) in [7, 11) is 0. The molecule has 2 bridgehead atoms. The molecule has 2 saturated heterocycles. The summed E-state index contributed by atoms with van der Waals surface area (Å²) < 4.78 is 0. The van der Waals surface area contributed by atoms with Gasteiger partial charge in [0.1, 0.15) is 0 Å². The van der Waals surface area contributed by atoms with Crippen molar-refractivity contribution in [3.05, 3.63) is 18.0 Å². The summed E-state index contributed by atoms with van der Waals surface area (Å²) >= 11 is 0. The number of nitrogens with zero attached hydrogens (tertiary/aromatic N) is 3. The molecule has 3 rings (SSSR count). The molecule has 1 aromatic rings. The molecule has 2 fully saturated rings. The van der Waals surface area contributed by atoms with E-state index in [0.717, 1.165) is 19.5 Å². The van der Waals surface area contributed by atoms with Crippen molar-refractivity contribution in [3.63, 3.8) is 0 Å². The third-order valence-corrected chi connectivity index (χ3v) is 4.84. The molecule has 2 atom stereocenters. The predicted octanol–water partition coefficient (Wildman–Crippen LogP) is 0.562. The number of amides is 1. The lowest BCUT2D eigenvalue weighted by molar-refractivity contribution is 0.0705. The molecule has 0 radical (unpaired) electrons. The molecule has 3 heterocycles. The number of rotatable bonds is 2. The molecule has 0 aromatic carbocycles. The maximum absolute atomic E-state index is 11.3. The van der Waals surface area contributed by atoms with Crippen molar-refractivity contribution in [2.24, 2.45) is 5.41 Å². The van der Waals surface area contributed by atoms with E-state index in [4.69, 9.17) is 5.21 Å². The first-order chi connectivity index (χ1) is 9.86. The zero-order valence-electron chi connectivity index (χ0n) is 12.6. The Labute approximate surface area is 123 Å². The summed E-state index contributed by atoms with van der Waals surface area (Å²) in [6.45, 7) is 8.55. The highest BCUT2D eigenvalue weighted by Gasteiger charge is 2.55. The normalized spacial score (nSPS) is 28.0. The minimum atomic E-state index is -0.600. The Hall–Kier alpha value is -1.73. The van der Waals surface area contributed by atoms with E-state index in [9.17, 15) is 4.79 Å². The minimum Gasteiger partial charge on any atom is -0.335 e. The second-order valence-corrected chi connectivity index (χ2v) is 6.91. The highest BCUT2D eigenvalue weighted by Crippen LogP contribution is 2.45. The van der Waals surface area contributed by atoms with Crippen LogP contribution >= 0.6 is 0 Å². The zero-order chi connectivity index (χ0) is 15.3. The average Bonchev–Trinajstić information content (AvgIpc) is 3.06.